The highest BCUT2D eigenvalue weighted by atomic mass is 35.5. The number of rotatable bonds is 6. The molecule has 0 amide bonds. The second kappa shape index (κ2) is 5.72. The Morgan fingerprint density at radius 3 is 2.60 bits per heavy atom. The van der Waals surface area contributed by atoms with Gasteiger partial charge in [0.25, 0.3) is 0 Å². The monoisotopic (exact) mass is 295 g/mol. The first-order valence-corrected chi connectivity index (χ1v) is 7.99. The summed E-state index contributed by atoms with van der Waals surface area (Å²) < 4.78 is 0. The number of aromatic nitrogens is 3. The average molecular weight is 296 g/mol. The molecule has 5 nitrogen and oxygen atoms in total. The smallest absolute Gasteiger partial charge is 0.231 e. The Kier molecular flexibility index (Phi) is 3.96. The molecule has 0 bridgehead atoms. The fraction of sp³-hybridized carbons (Fsp3) is 0.786. The highest BCUT2D eigenvalue weighted by molar-refractivity contribution is 6.28. The van der Waals surface area contributed by atoms with Crippen molar-refractivity contribution in [2.24, 2.45) is 5.41 Å². The summed E-state index contributed by atoms with van der Waals surface area (Å²) in [5, 5.41) is 3.65. The molecule has 1 saturated heterocycles. The highest BCUT2D eigenvalue weighted by Gasteiger charge is 2.41. The van der Waals surface area contributed by atoms with Crippen LogP contribution in [0, 0.1) is 5.41 Å². The molecule has 1 aliphatic heterocycles. The Hall–Kier alpha value is -1.10. The summed E-state index contributed by atoms with van der Waals surface area (Å²) in [4.78, 5) is 15.1. The molecule has 1 aliphatic carbocycles. The first-order valence-electron chi connectivity index (χ1n) is 7.61. The van der Waals surface area contributed by atoms with Crippen LogP contribution >= 0.6 is 11.6 Å². The third-order valence-electron chi connectivity index (χ3n) is 4.34. The second-order valence-electron chi connectivity index (χ2n) is 6.03. The van der Waals surface area contributed by atoms with Crippen molar-refractivity contribution in [3.8, 4) is 0 Å². The van der Waals surface area contributed by atoms with Crippen molar-refractivity contribution in [1.82, 2.24) is 15.0 Å². The van der Waals surface area contributed by atoms with Crippen molar-refractivity contribution in [2.45, 2.75) is 45.4 Å². The van der Waals surface area contributed by atoms with Gasteiger partial charge in [0.05, 0.1) is 0 Å². The van der Waals surface area contributed by atoms with Gasteiger partial charge in [0.15, 0.2) is 0 Å². The summed E-state index contributed by atoms with van der Waals surface area (Å²) in [5.41, 5.74) is 0.474. The quantitative estimate of drug-likeness (QED) is 0.874. The van der Waals surface area contributed by atoms with Crippen LogP contribution in [0.1, 0.15) is 45.4 Å². The van der Waals surface area contributed by atoms with E-state index in [0.29, 0.717) is 17.3 Å². The molecule has 110 valence electrons. The predicted octanol–water partition coefficient (Wildman–Crippen LogP) is 3.12. The molecule has 20 heavy (non-hydrogen) atoms. The molecule has 0 atom stereocenters. The number of hydrogen-bond donors (Lipinski definition) is 1. The van der Waals surface area contributed by atoms with Gasteiger partial charge >= 0.3 is 0 Å². The van der Waals surface area contributed by atoms with Gasteiger partial charge in [0, 0.05) is 19.6 Å². The second-order valence-corrected chi connectivity index (χ2v) is 6.36. The van der Waals surface area contributed by atoms with E-state index in [2.05, 4.69) is 32.1 Å². The summed E-state index contributed by atoms with van der Waals surface area (Å²) in [7, 11) is 0. The number of nitrogens with one attached hydrogen (secondary N) is 1. The Labute approximate surface area is 125 Å². The molecule has 2 aliphatic rings. The van der Waals surface area contributed by atoms with E-state index in [9.17, 15) is 0 Å². The van der Waals surface area contributed by atoms with E-state index in [1.165, 1.54) is 38.5 Å². The first kappa shape index (κ1) is 13.9. The summed E-state index contributed by atoms with van der Waals surface area (Å²) in [6, 6.07) is 0. The number of anilines is 2. The maximum atomic E-state index is 6.03. The fourth-order valence-corrected chi connectivity index (χ4v) is 3.12. The third kappa shape index (κ3) is 3.14. The van der Waals surface area contributed by atoms with E-state index in [0.717, 1.165) is 19.6 Å². The Morgan fingerprint density at radius 1 is 1.20 bits per heavy atom. The lowest BCUT2D eigenvalue weighted by molar-refractivity contribution is 0.484. The van der Waals surface area contributed by atoms with Crippen LogP contribution in [0.3, 0.4) is 0 Å². The van der Waals surface area contributed by atoms with Crippen LogP contribution in [0.25, 0.3) is 0 Å². The molecule has 1 N–H and O–H groups in total. The van der Waals surface area contributed by atoms with Crippen LogP contribution in [-0.4, -0.2) is 34.6 Å². The Balaban J connectivity index is 1.66. The molecule has 2 fully saturated rings. The zero-order valence-corrected chi connectivity index (χ0v) is 12.8. The third-order valence-corrected chi connectivity index (χ3v) is 4.51. The van der Waals surface area contributed by atoms with Gasteiger partial charge in [-0.05, 0) is 49.1 Å². The lowest BCUT2D eigenvalue weighted by Gasteiger charge is -2.18. The van der Waals surface area contributed by atoms with E-state index in [1.54, 1.807) is 0 Å². The van der Waals surface area contributed by atoms with E-state index < -0.39 is 0 Å². The largest absolute Gasteiger partial charge is 0.353 e. The standard InChI is InChI=1S/C14H22ClN5/c1-2-5-14(6-7-14)10-16-12-17-11(15)18-13(19-12)20-8-3-4-9-20/h2-10H2,1H3,(H,16,17,18,19). The van der Waals surface area contributed by atoms with E-state index in [4.69, 9.17) is 11.6 Å². The lowest BCUT2D eigenvalue weighted by atomic mass is 10.0. The zero-order valence-electron chi connectivity index (χ0n) is 12.0. The molecule has 3 rings (SSSR count). The number of halogens is 1. The van der Waals surface area contributed by atoms with Gasteiger partial charge in [-0.3, -0.25) is 0 Å². The maximum Gasteiger partial charge on any atom is 0.231 e. The van der Waals surface area contributed by atoms with Crippen molar-refractivity contribution in [1.29, 1.82) is 0 Å². The van der Waals surface area contributed by atoms with Crippen LogP contribution in [0.15, 0.2) is 0 Å². The molecule has 0 radical (unpaired) electrons. The molecule has 1 aromatic rings. The van der Waals surface area contributed by atoms with Gasteiger partial charge in [-0.15, -0.1) is 0 Å². The SMILES string of the molecule is CCCC1(CNc2nc(Cl)nc(N3CCCC3)n2)CC1. The van der Waals surface area contributed by atoms with E-state index in [-0.39, 0.29) is 5.28 Å². The predicted molar refractivity (Wildman–Crippen MR) is 81.3 cm³/mol. The van der Waals surface area contributed by atoms with Crippen molar-refractivity contribution >= 4 is 23.5 Å². The Morgan fingerprint density at radius 2 is 1.95 bits per heavy atom. The van der Waals surface area contributed by atoms with Crippen molar-refractivity contribution in [3.05, 3.63) is 5.28 Å². The molecule has 0 aromatic carbocycles. The minimum atomic E-state index is 0.282. The van der Waals surface area contributed by atoms with Gasteiger partial charge in [0.2, 0.25) is 17.2 Å². The molecule has 1 saturated carbocycles. The topological polar surface area (TPSA) is 53.9 Å². The average Bonchev–Trinajstić information content (AvgIpc) is 2.99. The summed E-state index contributed by atoms with van der Waals surface area (Å²) in [6.45, 7) is 5.21. The zero-order chi connectivity index (χ0) is 14.0. The van der Waals surface area contributed by atoms with Crippen molar-refractivity contribution in [2.75, 3.05) is 29.9 Å². The van der Waals surface area contributed by atoms with Crippen LogP contribution in [0.4, 0.5) is 11.9 Å². The van der Waals surface area contributed by atoms with Crippen LogP contribution in [0.2, 0.25) is 5.28 Å². The van der Waals surface area contributed by atoms with Crippen LogP contribution < -0.4 is 10.2 Å². The van der Waals surface area contributed by atoms with Gasteiger partial charge in [-0.2, -0.15) is 15.0 Å². The molecule has 2 heterocycles. The lowest BCUT2D eigenvalue weighted by Crippen LogP contribution is -2.22. The van der Waals surface area contributed by atoms with Gasteiger partial charge in [0.1, 0.15) is 0 Å². The maximum absolute atomic E-state index is 6.03. The molecular formula is C14H22ClN5. The number of hydrogen-bond acceptors (Lipinski definition) is 5. The van der Waals surface area contributed by atoms with Gasteiger partial charge in [-0.25, -0.2) is 0 Å². The highest BCUT2D eigenvalue weighted by Crippen LogP contribution is 2.49. The van der Waals surface area contributed by atoms with E-state index >= 15 is 0 Å². The fourth-order valence-electron chi connectivity index (χ4n) is 2.97. The molecule has 1 aromatic heterocycles. The van der Waals surface area contributed by atoms with Gasteiger partial charge in [-0.1, -0.05) is 13.3 Å². The number of nitrogens with zero attached hydrogens (tertiary/aromatic N) is 4. The van der Waals surface area contributed by atoms with Crippen LogP contribution in [0.5, 0.6) is 0 Å². The summed E-state index contributed by atoms with van der Waals surface area (Å²) >= 11 is 6.03. The summed E-state index contributed by atoms with van der Waals surface area (Å²) in [6.07, 6.45) is 7.53. The molecule has 6 heteroatoms. The minimum absolute atomic E-state index is 0.282. The van der Waals surface area contributed by atoms with E-state index in [1.807, 2.05) is 0 Å². The minimum Gasteiger partial charge on any atom is -0.353 e. The molecule has 0 spiro atoms. The van der Waals surface area contributed by atoms with Crippen molar-refractivity contribution in [3.63, 3.8) is 0 Å². The van der Waals surface area contributed by atoms with Crippen molar-refractivity contribution < 1.29 is 0 Å². The van der Waals surface area contributed by atoms with Gasteiger partial charge < -0.3 is 10.2 Å². The molecular weight excluding hydrogens is 274 g/mol. The summed E-state index contributed by atoms with van der Waals surface area (Å²) in [5.74, 6) is 1.33. The van der Waals surface area contributed by atoms with Crippen LogP contribution in [-0.2, 0) is 0 Å². The molecule has 0 unspecified atom stereocenters. The first-order chi connectivity index (χ1) is 9.71. The normalized spacial score (nSPS) is 20.2. The Bertz CT molecular complexity index is 469.